The molecular formula is C9H10N6OS. The number of thiocarbonyl (C=S) groups is 1. The average Bonchev–Trinajstić information content (AvgIpc) is 2.82. The number of aromatic nitrogens is 4. The minimum absolute atomic E-state index is 0.244. The van der Waals surface area contributed by atoms with Gasteiger partial charge in [-0.25, -0.2) is 9.97 Å². The van der Waals surface area contributed by atoms with E-state index in [1.165, 1.54) is 6.39 Å². The first-order valence-corrected chi connectivity index (χ1v) is 5.28. The molecule has 0 saturated carbocycles. The molecule has 0 atom stereocenters. The molecule has 8 heteroatoms. The van der Waals surface area contributed by atoms with Gasteiger partial charge in [-0.05, 0) is 6.07 Å². The Labute approximate surface area is 102 Å². The van der Waals surface area contributed by atoms with Crippen LogP contribution in [0.5, 0.6) is 0 Å². The van der Waals surface area contributed by atoms with E-state index in [1.807, 2.05) is 0 Å². The minimum atomic E-state index is 0.244. The van der Waals surface area contributed by atoms with Gasteiger partial charge in [0.25, 0.3) is 0 Å². The van der Waals surface area contributed by atoms with Crippen molar-refractivity contribution in [3.8, 4) is 0 Å². The molecule has 0 aliphatic carbocycles. The first-order chi connectivity index (χ1) is 8.25. The van der Waals surface area contributed by atoms with E-state index in [1.54, 1.807) is 12.3 Å². The zero-order chi connectivity index (χ0) is 12.1. The summed E-state index contributed by atoms with van der Waals surface area (Å²) < 4.78 is 4.61. The number of hydrogen-bond acceptors (Lipinski definition) is 7. The maximum atomic E-state index is 5.47. The van der Waals surface area contributed by atoms with Crippen LogP contribution < -0.4 is 11.1 Å². The van der Waals surface area contributed by atoms with Gasteiger partial charge in [0, 0.05) is 19.2 Å². The molecule has 17 heavy (non-hydrogen) atoms. The molecule has 2 heterocycles. The van der Waals surface area contributed by atoms with Crippen LogP contribution in [0.1, 0.15) is 11.5 Å². The highest BCUT2D eigenvalue weighted by atomic mass is 32.1. The molecule has 88 valence electrons. The fourth-order valence-corrected chi connectivity index (χ4v) is 1.28. The van der Waals surface area contributed by atoms with Gasteiger partial charge in [0.2, 0.25) is 12.3 Å². The summed E-state index contributed by atoms with van der Waals surface area (Å²) in [4.78, 5) is 12.3. The summed E-state index contributed by atoms with van der Waals surface area (Å²) in [5.41, 5.74) is 6.01. The van der Waals surface area contributed by atoms with E-state index in [-0.39, 0.29) is 4.99 Å². The van der Waals surface area contributed by atoms with E-state index in [0.717, 1.165) is 0 Å². The molecule has 0 unspecified atom stereocenters. The molecule has 0 fully saturated rings. The number of rotatable bonds is 5. The Balaban J connectivity index is 1.90. The lowest BCUT2D eigenvalue weighted by atomic mass is 10.4. The third kappa shape index (κ3) is 3.18. The van der Waals surface area contributed by atoms with Crippen LogP contribution in [0.4, 0.5) is 5.95 Å². The fraction of sp³-hybridized carbons (Fsp3) is 0.222. The molecule has 0 radical (unpaired) electrons. The Morgan fingerprint density at radius 3 is 3.06 bits per heavy atom. The molecule has 2 aromatic heterocycles. The predicted octanol–water partition coefficient (Wildman–Crippen LogP) is 0.148. The number of nitrogens with two attached hydrogens (primary N) is 1. The van der Waals surface area contributed by atoms with Crippen molar-refractivity contribution in [2.24, 2.45) is 5.73 Å². The van der Waals surface area contributed by atoms with E-state index in [2.05, 4.69) is 29.9 Å². The van der Waals surface area contributed by atoms with Crippen LogP contribution in [0.3, 0.4) is 0 Å². The molecule has 0 bridgehead atoms. The molecule has 2 aromatic rings. The molecule has 7 nitrogen and oxygen atoms in total. The zero-order valence-corrected chi connectivity index (χ0v) is 9.65. The molecule has 0 saturated heterocycles. The van der Waals surface area contributed by atoms with Gasteiger partial charge in [-0.1, -0.05) is 17.4 Å². The van der Waals surface area contributed by atoms with E-state index < -0.39 is 0 Å². The highest BCUT2D eigenvalue weighted by molar-refractivity contribution is 7.80. The van der Waals surface area contributed by atoms with Crippen LogP contribution in [0.25, 0.3) is 0 Å². The first kappa shape index (κ1) is 11.4. The normalized spacial score (nSPS) is 10.1. The zero-order valence-electron chi connectivity index (χ0n) is 8.83. The van der Waals surface area contributed by atoms with Gasteiger partial charge in [0.05, 0.1) is 0 Å². The molecular weight excluding hydrogens is 240 g/mol. The van der Waals surface area contributed by atoms with E-state index in [9.17, 15) is 0 Å². The third-order valence-electron chi connectivity index (χ3n) is 1.95. The Morgan fingerprint density at radius 1 is 1.47 bits per heavy atom. The predicted molar refractivity (Wildman–Crippen MR) is 64.4 cm³/mol. The SMILES string of the molecule is NC(=S)c1ccnc(NCCc2ncon2)n1. The standard InChI is InChI=1S/C9H10N6OS/c10-8(17)6-1-3-11-9(14-6)12-4-2-7-13-5-16-15-7/h1,3,5H,2,4H2,(H2,10,17)(H,11,12,14). The van der Waals surface area contributed by atoms with Crippen molar-refractivity contribution < 1.29 is 4.52 Å². The van der Waals surface area contributed by atoms with Crippen molar-refractivity contribution >= 4 is 23.2 Å². The molecule has 0 amide bonds. The summed E-state index contributed by atoms with van der Waals surface area (Å²) in [5.74, 6) is 1.10. The summed E-state index contributed by atoms with van der Waals surface area (Å²) in [6.07, 6.45) is 3.51. The van der Waals surface area contributed by atoms with E-state index >= 15 is 0 Å². The lowest BCUT2D eigenvalue weighted by Crippen LogP contribution is -2.14. The molecule has 0 aliphatic rings. The molecule has 0 aromatic carbocycles. The van der Waals surface area contributed by atoms with Crippen molar-refractivity contribution in [2.45, 2.75) is 6.42 Å². The molecule has 3 N–H and O–H groups in total. The van der Waals surface area contributed by atoms with Crippen molar-refractivity contribution in [3.63, 3.8) is 0 Å². The largest absolute Gasteiger partial charge is 0.388 e. The topological polar surface area (TPSA) is 103 Å². The van der Waals surface area contributed by atoms with E-state index in [4.69, 9.17) is 18.0 Å². The summed E-state index contributed by atoms with van der Waals surface area (Å²) >= 11 is 4.83. The Hall–Kier alpha value is -2.09. The second-order valence-electron chi connectivity index (χ2n) is 3.15. The quantitative estimate of drug-likeness (QED) is 0.723. The van der Waals surface area contributed by atoms with Crippen molar-refractivity contribution in [3.05, 3.63) is 30.2 Å². The van der Waals surface area contributed by atoms with Crippen molar-refractivity contribution in [1.82, 2.24) is 20.1 Å². The minimum Gasteiger partial charge on any atom is -0.388 e. The number of nitrogens with zero attached hydrogens (tertiary/aromatic N) is 4. The van der Waals surface area contributed by atoms with Crippen molar-refractivity contribution in [2.75, 3.05) is 11.9 Å². The second-order valence-corrected chi connectivity index (χ2v) is 3.59. The maximum absolute atomic E-state index is 5.47. The highest BCUT2D eigenvalue weighted by Gasteiger charge is 2.02. The molecule has 0 spiro atoms. The Morgan fingerprint density at radius 2 is 2.35 bits per heavy atom. The average molecular weight is 250 g/mol. The van der Waals surface area contributed by atoms with Crippen LogP contribution in [0.2, 0.25) is 0 Å². The monoisotopic (exact) mass is 250 g/mol. The molecule has 0 aliphatic heterocycles. The molecule has 2 rings (SSSR count). The van der Waals surface area contributed by atoms with E-state index in [0.29, 0.717) is 30.4 Å². The van der Waals surface area contributed by atoms with Gasteiger partial charge >= 0.3 is 0 Å². The third-order valence-corrected chi connectivity index (χ3v) is 2.16. The van der Waals surface area contributed by atoms with Crippen molar-refractivity contribution in [1.29, 1.82) is 0 Å². The number of nitrogens with one attached hydrogen (secondary N) is 1. The maximum Gasteiger partial charge on any atom is 0.223 e. The highest BCUT2D eigenvalue weighted by Crippen LogP contribution is 2.00. The summed E-state index contributed by atoms with van der Waals surface area (Å²) in [6.45, 7) is 0.598. The van der Waals surface area contributed by atoms with Gasteiger partial charge < -0.3 is 15.6 Å². The number of hydrogen-bond donors (Lipinski definition) is 2. The van der Waals surface area contributed by atoms with Crippen LogP contribution >= 0.6 is 12.2 Å². The van der Waals surface area contributed by atoms with Crippen LogP contribution in [-0.2, 0) is 6.42 Å². The van der Waals surface area contributed by atoms with Crippen LogP contribution in [-0.4, -0.2) is 31.6 Å². The smallest absolute Gasteiger partial charge is 0.223 e. The first-order valence-electron chi connectivity index (χ1n) is 4.87. The Kier molecular flexibility index (Phi) is 3.55. The van der Waals surface area contributed by atoms with Gasteiger partial charge in [0.1, 0.15) is 10.7 Å². The fourth-order valence-electron chi connectivity index (χ4n) is 1.17. The second kappa shape index (κ2) is 5.30. The van der Waals surface area contributed by atoms with Crippen LogP contribution in [0.15, 0.2) is 23.2 Å². The lowest BCUT2D eigenvalue weighted by molar-refractivity contribution is 0.410. The van der Waals surface area contributed by atoms with Gasteiger partial charge in [-0.15, -0.1) is 0 Å². The lowest BCUT2D eigenvalue weighted by Gasteiger charge is -2.03. The Bertz CT molecular complexity index is 500. The summed E-state index contributed by atoms with van der Waals surface area (Å²) in [6, 6.07) is 1.66. The summed E-state index contributed by atoms with van der Waals surface area (Å²) in [5, 5.41) is 6.70. The van der Waals surface area contributed by atoms with Crippen LogP contribution in [0, 0.1) is 0 Å². The van der Waals surface area contributed by atoms with Gasteiger partial charge in [0.15, 0.2) is 5.82 Å². The van der Waals surface area contributed by atoms with Gasteiger partial charge in [-0.3, -0.25) is 0 Å². The van der Waals surface area contributed by atoms with Gasteiger partial charge in [-0.2, -0.15) is 4.98 Å². The number of anilines is 1. The summed E-state index contributed by atoms with van der Waals surface area (Å²) in [7, 11) is 0.